The van der Waals surface area contributed by atoms with Crippen LogP contribution in [0.3, 0.4) is 0 Å². The maximum absolute atomic E-state index is 11.6. The van der Waals surface area contributed by atoms with E-state index in [9.17, 15) is 14.7 Å². The molecule has 0 heterocycles. The third-order valence-electron chi connectivity index (χ3n) is 6.50. The van der Waals surface area contributed by atoms with Gasteiger partial charge in [-0.2, -0.15) is 0 Å². The summed E-state index contributed by atoms with van der Waals surface area (Å²) in [5.41, 5.74) is 0.958. The molecule has 1 N–H and O–H groups in total. The van der Waals surface area contributed by atoms with Crippen LogP contribution in [-0.2, 0) is 34.6 Å². The quantitative estimate of drug-likeness (QED) is 0.215. The molecule has 0 aliphatic rings. The number of esters is 2. The number of phenols is 1. The fraction of sp³-hybridized carbons (Fsp3) is 0.714. The Morgan fingerprint density at radius 1 is 0.800 bits per heavy atom. The lowest BCUT2D eigenvalue weighted by atomic mass is 9.75. The monoisotopic (exact) mass is 494 g/mol. The number of ether oxygens (including phenoxy) is 4. The van der Waals surface area contributed by atoms with E-state index in [1.165, 1.54) is 14.2 Å². The lowest BCUT2D eigenvalue weighted by molar-refractivity contribution is -0.141. The molecular weight excluding hydrogens is 448 g/mol. The van der Waals surface area contributed by atoms with Crippen LogP contribution in [0.5, 0.6) is 11.5 Å². The van der Waals surface area contributed by atoms with Crippen LogP contribution in [0.25, 0.3) is 0 Å². The Balaban J connectivity index is 3.14. The third kappa shape index (κ3) is 10.5. The third-order valence-corrected chi connectivity index (χ3v) is 6.50. The second-order valence-corrected chi connectivity index (χ2v) is 10.3. The molecule has 0 aliphatic carbocycles. The van der Waals surface area contributed by atoms with Crippen molar-refractivity contribution in [3.63, 3.8) is 0 Å². The molecule has 7 nitrogen and oxygen atoms in total. The van der Waals surface area contributed by atoms with Gasteiger partial charge in [0.05, 0.1) is 20.8 Å². The van der Waals surface area contributed by atoms with Gasteiger partial charge in [-0.15, -0.1) is 0 Å². The van der Waals surface area contributed by atoms with E-state index in [0.29, 0.717) is 57.7 Å². The Morgan fingerprint density at radius 2 is 1.34 bits per heavy atom. The van der Waals surface area contributed by atoms with E-state index in [1.54, 1.807) is 6.07 Å². The van der Waals surface area contributed by atoms with Crippen molar-refractivity contribution in [3.8, 4) is 11.5 Å². The van der Waals surface area contributed by atoms with Crippen LogP contribution in [0.4, 0.5) is 0 Å². The van der Waals surface area contributed by atoms with E-state index in [1.807, 2.05) is 6.07 Å². The lowest BCUT2D eigenvalue weighted by Crippen LogP contribution is -2.23. The highest BCUT2D eigenvalue weighted by Gasteiger charge is 2.30. The second-order valence-electron chi connectivity index (χ2n) is 10.3. The molecule has 35 heavy (non-hydrogen) atoms. The first-order valence-corrected chi connectivity index (χ1v) is 12.7. The number of carbonyl (C=O) groups excluding carboxylic acids is 2. The van der Waals surface area contributed by atoms with E-state index in [-0.39, 0.29) is 28.5 Å². The van der Waals surface area contributed by atoms with Gasteiger partial charge in [-0.3, -0.25) is 9.59 Å². The molecule has 1 rings (SSSR count). The molecule has 0 spiro atoms. The lowest BCUT2D eigenvalue weighted by Gasteiger charge is -2.32. The molecule has 0 radical (unpaired) electrons. The first-order chi connectivity index (χ1) is 16.5. The molecule has 0 saturated carbocycles. The van der Waals surface area contributed by atoms with Crippen molar-refractivity contribution in [2.24, 2.45) is 0 Å². The van der Waals surface area contributed by atoms with Crippen molar-refractivity contribution in [1.82, 2.24) is 0 Å². The van der Waals surface area contributed by atoms with E-state index < -0.39 is 0 Å². The zero-order valence-corrected chi connectivity index (χ0v) is 22.8. The minimum absolute atomic E-state index is 0.204. The molecule has 0 unspecified atom stereocenters. The summed E-state index contributed by atoms with van der Waals surface area (Å²) in [4.78, 5) is 23.1. The van der Waals surface area contributed by atoms with E-state index in [4.69, 9.17) is 18.9 Å². The molecule has 0 saturated heterocycles. The number of methoxy groups -OCH3 is 2. The van der Waals surface area contributed by atoms with Gasteiger partial charge >= 0.3 is 11.9 Å². The second kappa shape index (κ2) is 15.0. The summed E-state index contributed by atoms with van der Waals surface area (Å²) in [7, 11) is 2.78. The molecule has 1 aromatic carbocycles. The predicted octanol–water partition coefficient (Wildman–Crippen LogP) is 5.83. The SMILES string of the molecule is CCCCOCCOc1cc(C(C)(C)CCCC(=O)OC)c(O)cc1C(C)(C)CCCC(=O)OC. The first kappa shape index (κ1) is 30.8. The number of rotatable bonds is 17. The molecule has 0 aliphatic heterocycles. The molecule has 200 valence electrons. The topological polar surface area (TPSA) is 91.3 Å². The van der Waals surface area contributed by atoms with E-state index >= 15 is 0 Å². The van der Waals surface area contributed by atoms with Crippen LogP contribution in [0.15, 0.2) is 12.1 Å². The summed E-state index contributed by atoms with van der Waals surface area (Å²) in [5, 5.41) is 11.0. The fourth-order valence-electron chi connectivity index (χ4n) is 4.14. The van der Waals surface area contributed by atoms with Gasteiger partial charge in [0.1, 0.15) is 18.1 Å². The maximum Gasteiger partial charge on any atom is 0.305 e. The Kier molecular flexibility index (Phi) is 13.2. The minimum atomic E-state index is -0.374. The van der Waals surface area contributed by atoms with Crippen molar-refractivity contribution in [2.45, 2.75) is 96.8 Å². The molecule has 0 bridgehead atoms. The van der Waals surface area contributed by atoms with Crippen molar-refractivity contribution in [1.29, 1.82) is 0 Å². The van der Waals surface area contributed by atoms with Gasteiger partial charge in [0.25, 0.3) is 0 Å². The van der Waals surface area contributed by atoms with Crippen LogP contribution in [0, 0.1) is 0 Å². The molecule has 0 atom stereocenters. The van der Waals surface area contributed by atoms with E-state index in [2.05, 4.69) is 34.6 Å². The van der Waals surface area contributed by atoms with Gasteiger partial charge in [0, 0.05) is 30.6 Å². The van der Waals surface area contributed by atoms with Gasteiger partial charge in [-0.05, 0) is 55.1 Å². The summed E-state index contributed by atoms with van der Waals surface area (Å²) in [6.07, 6.45) is 5.54. The highest BCUT2D eigenvalue weighted by molar-refractivity contribution is 5.69. The Labute approximate surface area is 211 Å². The number of benzene rings is 1. The molecule has 0 aromatic heterocycles. The zero-order valence-electron chi connectivity index (χ0n) is 22.8. The van der Waals surface area contributed by atoms with E-state index in [0.717, 1.165) is 30.4 Å². The number of hydrogen-bond donors (Lipinski definition) is 1. The van der Waals surface area contributed by atoms with Crippen molar-refractivity contribution >= 4 is 11.9 Å². The van der Waals surface area contributed by atoms with Gasteiger partial charge in [0.2, 0.25) is 0 Å². The van der Waals surface area contributed by atoms with Crippen molar-refractivity contribution in [2.75, 3.05) is 34.0 Å². The Morgan fingerprint density at radius 3 is 1.86 bits per heavy atom. The van der Waals surface area contributed by atoms with Gasteiger partial charge in [0.15, 0.2) is 0 Å². The number of unbranched alkanes of at least 4 members (excludes halogenated alkanes) is 1. The largest absolute Gasteiger partial charge is 0.508 e. The summed E-state index contributed by atoms with van der Waals surface area (Å²) < 4.78 is 21.4. The molecule has 0 fully saturated rings. The Bertz CT molecular complexity index is 799. The molecule has 1 aromatic rings. The molecular formula is C28H46O7. The average molecular weight is 495 g/mol. The summed E-state index contributed by atoms with van der Waals surface area (Å²) in [6.45, 7) is 12.0. The highest BCUT2D eigenvalue weighted by atomic mass is 16.5. The smallest absolute Gasteiger partial charge is 0.305 e. The zero-order chi connectivity index (χ0) is 26.5. The number of hydrogen-bond acceptors (Lipinski definition) is 7. The number of carbonyl (C=O) groups is 2. The van der Waals surface area contributed by atoms with Crippen LogP contribution >= 0.6 is 0 Å². The average Bonchev–Trinajstić information content (AvgIpc) is 2.81. The van der Waals surface area contributed by atoms with Crippen LogP contribution < -0.4 is 4.74 Å². The molecule has 7 heteroatoms. The summed E-state index contributed by atoms with van der Waals surface area (Å²) in [5.74, 6) is 0.450. The van der Waals surface area contributed by atoms with Gasteiger partial charge < -0.3 is 24.1 Å². The number of aromatic hydroxyl groups is 1. The number of phenolic OH excluding ortho intramolecular Hbond substituents is 1. The highest BCUT2D eigenvalue weighted by Crippen LogP contribution is 2.44. The standard InChI is InChI=1S/C28H46O7/c1-8-9-16-34-17-18-35-24-20-21(27(2,3)14-10-12-25(30)32-6)23(29)19-22(24)28(4,5)15-11-13-26(31)33-7/h19-20,29H,8-18H2,1-7H3. The van der Waals surface area contributed by atoms with Gasteiger partial charge in [-0.1, -0.05) is 41.0 Å². The minimum Gasteiger partial charge on any atom is -0.508 e. The van der Waals surface area contributed by atoms with Crippen LogP contribution in [0.1, 0.15) is 97.1 Å². The fourth-order valence-corrected chi connectivity index (χ4v) is 4.14. The Hall–Kier alpha value is -2.28. The predicted molar refractivity (Wildman–Crippen MR) is 137 cm³/mol. The summed E-state index contributed by atoms with van der Waals surface area (Å²) in [6, 6.07) is 3.72. The van der Waals surface area contributed by atoms with Crippen LogP contribution in [-0.4, -0.2) is 51.1 Å². The van der Waals surface area contributed by atoms with Crippen LogP contribution in [0.2, 0.25) is 0 Å². The van der Waals surface area contributed by atoms with Crippen molar-refractivity contribution < 1.29 is 33.6 Å². The maximum atomic E-state index is 11.6. The van der Waals surface area contributed by atoms with Crippen molar-refractivity contribution in [3.05, 3.63) is 23.3 Å². The first-order valence-electron chi connectivity index (χ1n) is 12.7. The summed E-state index contributed by atoms with van der Waals surface area (Å²) >= 11 is 0. The normalized spacial score (nSPS) is 11.9. The molecule has 0 amide bonds. The van der Waals surface area contributed by atoms with Gasteiger partial charge in [-0.25, -0.2) is 0 Å².